The Bertz CT molecular complexity index is 187. The van der Waals surface area contributed by atoms with Crippen molar-refractivity contribution >= 4 is 0 Å². The van der Waals surface area contributed by atoms with Crippen molar-refractivity contribution in [2.45, 2.75) is 32.2 Å². The standard InChI is InChI=1S/C10H17N/c1-10(2,11-3)9-7-5-4-6-8-9/h5,7-8,11H,4,6H2,1-3H3. The van der Waals surface area contributed by atoms with Crippen molar-refractivity contribution < 1.29 is 0 Å². The zero-order chi connectivity index (χ0) is 8.32. The van der Waals surface area contributed by atoms with Gasteiger partial charge in [-0.15, -0.1) is 0 Å². The predicted octanol–water partition coefficient (Wildman–Crippen LogP) is 2.26. The number of nitrogens with one attached hydrogen (secondary N) is 1. The molecule has 11 heavy (non-hydrogen) atoms. The molecule has 0 amide bonds. The molecule has 0 radical (unpaired) electrons. The molecule has 0 bridgehead atoms. The Morgan fingerprint density at radius 2 is 2.09 bits per heavy atom. The molecule has 1 N–H and O–H groups in total. The molecule has 1 rings (SSSR count). The predicted molar refractivity (Wildman–Crippen MR) is 49.6 cm³/mol. The third-order valence-corrected chi connectivity index (χ3v) is 2.34. The van der Waals surface area contributed by atoms with Crippen LogP contribution in [0.5, 0.6) is 0 Å². The highest BCUT2D eigenvalue weighted by molar-refractivity contribution is 5.31. The Balaban J connectivity index is 2.73. The molecular formula is C10H17N. The van der Waals surface area contributed by atoms with Crippen molar-refractivity contribution in [1.82, 2.24) is 5.32 Å². The molecule has 0 saturated heterocycles. The van der Waals surface area contributed by atoms with Gasteiger partial charge in [-0.3, -0.25) is 0 Å². The van der Waals surface area contributed by atoms with E-state index in [1.54, 1.807) is 0 Å². The van der Waals surface area contributed by atoms with Crippen LogP contribution in [-0.4, -0.2) is 12.6 Å². The number of hydrogen-bond donors (Lipinski definition) is 1. The first-order chi connectivity index (χ1) is 5.17. The Labute approximate surface area is 69.2 Å². The second kappa shape index (κ2) is 3.22. The van der Waals surface area contributed by atoms with Gasteiger partial charge in [0.25, 0.3) is 0 Å². The van der Waals surface area contributed by atoms with E-state index in [0.717, 1.165) is 0 Å². The minimum atomic E-state index is 0.136. The maximum Gasteiger partial charge on any atom is 0.0371 e. The van der Waals surface area contributed by atoms with Gasteiger partial charge in [-0.25, -0.2) is 0 Å². The van der Waals surface area contributed by atoms with Crippen LogP contribution in [0.1, 0.15) is 26.7 Å². The third kappa shape index (κ3) is 1.93. The molecule has 0 unspecified atom stereocenters. The van der Waals surface area contributed by atoms with E-state index in [1.807, 2.05) is 7.05 Å². The summed E-state index contributed by atoms with van der Waals surface area (Å²) in [5, 5.41) is 3.29. The first-order valence-corrected chi connectivity index (χ1v) is 4.23. The topological polar surface area (TPSA) is 12.0 Å². The highest BCUT2D eigenvalue weighted by atomic mass is 14.9. The second-order valence-corrected chi connectivity index (χ2v) is 3.51. The summed E-state index contributed by atoms with van der Waals surface area (Å²) >= 11 is 0. The normalized spacial score (nSPS) is 18.3. The van der Waals surface area contributed by atoms with Crippen molar-refractivity contribution in [3.8, 4) is 0 Å². The smallest absolute Gasteiger partial charge is 0.0371 e. The molecule has 0 aromatic heterocycles. The first-order valence-electron chi connectivity index (χ1n) is 4.23. The molecule has 0 aromatic rings. The van der Waals surface area contributed by atoms with Crippen molar-refractivity contribution in [1.29, 1.82) is 0 Å². The summed E-state index contributed by atoms with van der Waals surface area (Å²) < 4.78 is 0. The van der Waals surface area contributed by atoms with Gasteiger partial charge in [-0.2, -0.15) is 0 Å². The van der Waals surface area contributed by atoms with Crippen LogP contribution in [0.2, 0.25) is 0 Å². The van der Waals surface area contributed by atoms with E-state index >= 15 is 0 Å². The van der Waals surface area contributed by atoms with Gasteiger partial charge in [-0.05, 0) is 39.3 Å². The number of rotatable bonds is 2. The van der Waals surface area contributed by atoms with Gasteiger partial charge in [0, 0.05) is 5.54 Å². The van der Waals surface area contributed by atoms with Crippen LogP contribution in [0, 0.1) is 0 Å². The summed E-state index contributed by atoms with van der Waals surface area (Å²) in [6, 6.07) is 0. The van der Waals surface area contributed by atoms with E-state index < -0.39 is 0 Å². The summed E-state index contributed by atoms with van der Waals surface area (Å²) in [5.41, 5.74) is 1.54. The average molecular weight is 151 g/mol. The van der Waals surface area contributed by atoms with E-state index in [2.05, 4.69) is 37.4 Å². The largest absolute Gasteiger partial charge is 0.311 e. The Morgan fingerprint density at radius 1 is 1.36 bits per heavy atom. The van der Waals surface area contributed by atoms with Crippen LogP contribution in [0.4, 0.5) is 0 Å². The maximum atomic E-state index is 3.29. The fourth-order valence-electron chi connectivity index (χ4n) is 1.22. The zero-order valence-corrected chi connectivity index (χ0v) is 7.65. The molecule has 0 atom stereocenters. The van der Waals surface area contributed by atoms with Crippen molar-refractivity contribution in [3.05, 3.63) is 23.8 Å². The average Bonchev–Trinajstić information content (AvgIpc) is 2.06. The third-order valence-electron chi connectivity index (χ3n) is 2.34. The van der Waals surface area contributed by atoms with E-state index in [1.165, 1.54) is 18.4 Å². The first kappa shape index (κ1) is 8.54. The molecule has 1 aliphatic rings. The van der Waals surface area contributed by atoms with Crippen LogP contribution < -0.4 is 5.32 Å². The van der Waals surface area contributed by atoms with E-state index in [0.29, 0.717) is 0 Å². The van der Waals surface area contributed by atoms with Gasteiger partial charge in [0.05, 0.1) is 0 Å². The fraction of sp³-hybridized carbons (Fsp3) is 0.600. The summed E-state index contributed by atoms with van der Waals surface area (Å²) in [6.45, 7) is 4.41. The summed E-state index contributed by atoms with van der Waals surface area (Å²) in [7, 11) is 2.00. The lowest BCUT2D eigenvalue weighted by atomic mass is 9.90. The second-order valence-electron chi connectivity index (χ2n) is 3.51. The minimum absolute atomic E-state index is 0.136. The van der Waals surface area contributed by atoms with Gasteiger partial charge in [0.15, 0.2) is 0 Å². The number of likely N-dealkylation sites (N-methyl/N-ethyl adjacent to an activating group) is 1. The summed E-state index contributed by atoms with van der Waals surface area (Å²) in [4.78, 5) is 0. The Kier molecular flexibility index (Phi) is 2.50. The Hall–Kier alpha value is -0.560. The highest BCUT2D eigenvalue weighted by Gasteiger charge is 2.18. The molecule has 1 aliphatic carbocycles. The van der Waals surface area contributed by atoms with Crippen LogP contribution in [0.15, 0.2) is 23.8 Å². The minimum Gasteiger partial charge on any atom is -0.311 e. The van der Waals surface area contributed by atoms with Gasteiger partial charge in [0.1, 0.15) is 0 Å². The number of hydrogen-bond acceptors (Lipinski definition) is 1. The van der Waals surface area contributed by atoms with Gasteiger partial charge < -0.3 is 5.32 Å². The Morgan fingerprint density at radius 3 is 2.55 bits per heavy atom. The molecule has 0 aromatic carbocycles. The highest BCUT2D eigenvalue weighted by Crippen LogP contribution is 2.21. The lowest BCUT2D eigenvalue weighted by molar-refractivity contribution is 0.503. The summed E-state index contributed by atoms with van der Waals surface area (Å²) in [5.74, 6) is 0. The van der Waals surface area contributed by atoms with E-state index in [9.17, 15) is 0 Å². The maximum absolute atomic E-state index is 3.29. The van der Waals surface area contributed by atoms with Crippen LogP contribution in [0.25, 0.3) is 0 Å². The molecular weight excluding hydrogens is 134 g/mol. The zero-order valence-electron chi connectivity index (χ0n) is 7.65. The van der Waals surface area contributed by atoms with Crippen LogP contribution >= 0.6 is 0 Å². The molecule has 0 heterocycles. The van der Waals surface area contributed by atoms with Gasteiger partial charge >= 0.3 is 0 Å². The van der Waals surface area contributed by atoms with Crippen molar-refractivity contribution in [2.75, 3.05) is 7.05 Å². The fourth-order valence-corrected chi connectivity index (χ4v) is 1.22. The molecule has 0 aliphatic heterocycles. The van der Waals surface area contributed by atoms with Crippen molar-refractivity contribution in [2.24, 2.45) is 0 Å². The molecule has 0 spiro atoms. The quantitative estimate of drug-likeness (QED) is 0.638. The van der Waals surface area contributed by atoms with Crippen LogP contribution in [0.3, 0.4) is 0 Å². The molecule has 1 heteroatoms. The van der Waals surface area contributed by atoms with Gasteiger partial charge in [-0.1, -0.05) is 18.2 Å². The van der Waals surface area contributed by atoms with Crippen LogP contribution in [-0.2, 0) is 0 Å². The molecule has 0 fully saturated rings. The van der Waals surface area contributed by atoms with Crippen molar-refractivity contribution in [3.63, 3.8) is 0 Å². The van der Waals surface area contributed by atoms with E-state index in [4.69, 9.17) is 0 Å². The monoisotopic (exact) mass is 151 g/mol. The van der Waals surface area contributed by atoms with E-state index in [-0.39, 0.29) is 5.54 Å². The molecule has 62 valence electrons. The lowest BCUT2D eigenvalue weighted by Crippen LogP contribution is -2.37. The molecule has 1 nitrogen and oxygen atoms in total. The lowest BCUT2D eigenvalue weighted by Gasteiger charge is -2.27. The van der Waals surface area contributed by atoms with Gasteiger partial charge in [0.2, 0.25) is 0 Å². The SMILES string of the molecule is CNC(C)(C)C1=CCCC=C1. The molecule has 0 saturated carbocycles. The number of allylic oxidation sites excluding steroid dienone is 2. The summed E-state index contributed by atoms with van der Waals surface area (Å²) in [6.07, 6.45) is 9.17.